The lowest BCUT2D eigenvalue weighted by molar-refractivity contribution is 0.166. The Morgan fingerprint density at radius 2 is 1.70 bits per heavy atom. The third kappa shape index (κ3) is 5.33. The van der Waals surface area contributed by atoms with Gasteiger partial charge in [0.2, 0.25) is 16.0 Å². The van der Waals surface area contributed by atoms with Crippen molar-refractivity contribution in [1.29, 1.82) is 0 Å². The van der Waals surface area contributed by atoms with Crippen molar-refractivity contribution in [1.82, 2.24) is 29.7 Å². The summed E-state index contributed by atoms with van der Waals surface area (Å²) in [6.07, 6.45) is 4.25. The molecule has 0 unspecified atom stereocenters. The van der Waals surface area contributed by atoms with Crippen molar-refractivity contribution in [3.8, 4) is 28.6 Å². The first kappa shape index (κ1) is 26.3. The summed E-state index contributed by atoms with van der Waals surface area (Å²) in [4.78, 5) is 12.1. The molecule has 0 fully saturated rings. The molecule has 37 heavy (non-hydrogen) atoms. The second kappa shape index (κ2) is 10.7. The number of para-hydroxylation sites is 1. The smallest absolute Gasteiger partial charge is 0.243 e. The number of nitrogens with one attached hydrogen (secondary N) is 1. The Morgan fingerprint density at radius 1 is 1.05 bits per heavy atom. The molecule has 2 N–H and O–H groups in total. The maximum Gasteiger partial charge on any atom is 0.243 e. The van der Waals surface area contributed by atoms with Crippen LogP contribution in [0.15, 0.2) is 49.1 Å². The molecule has 0 aliphatic rings. The maximum atomic E-state index is 13.4. The quantitative estimate of drug-likeness (QED) is 0.320. The second-order valence-electron chi connectivity index (χ2n) is 8.00. The number of aliphatic hydroxyl groups excluding tert-OH is 1. The number of aliphatic hydroxyl groups is 1. The van der Waals surface area contributed by atoms with Gasteiger partial charge in [0, 0.05) is 30.4 Å². The highest BCUT2D eigenvalue weighted by molar-refractivity contribution is 7.93. The topological polar surface area (TPSA) is 154 Å². The Hall–Kier alpha value is -3.81. The van der Waals surface area contributed by atoms with Gasteiger partial charge in [-0.2, -0.15) is 0 Å². The summed E-state index contributed by atoms with van der Waals surface area (Å²) in [5.41, 5.74) is 1.80. The highest BCUT2D eigenvalue weighted by Gasteiger charge is 2.33. The number of ether oxygens (including phenoxy) is 2. The van der Waals surface area contributed by atoms with Crippen molar-refractivity contribution in [2.24, 2.45) is 0 Å². The molecule has 0 spiro atoms. The number of hydrogen-bond acceptors (Lipinski definition) is 10. The van der Waals surface area contributed by atoms with Crippen LogP contribution in [0.25, 0.3) is 17.1 Å². The highest BCUT2D eigenvalue weighted by atomic mass is 35.5. The number of methoxy groups -OCH3 is 2. The van der Waals surface area contributed by atoms with Gasteiger partial charge in [0.15, 0.2) is 11.6 Å². The number of pyridine rings is 1. The first-order chi connectivity index (χ1) is 17.7. The van der Waals surface area contributed by atoms with Gasteiger partial charge in [-0.15, -0.1) is 10.2 Å². The van der Waals surface area contributed by atoms with Crippen molar-refractivity contribution < 1.29 is 23.0 Å². The van der Waals surface area contributed by atoms with E-state index in [0.29, 0.717) is 22.7 Å². The standard InChI is InChI=1S/C23H24ClN7O5S/c1-13-8-15(10-25-9-13)22-28-29-23(31(22)19-17(35-3)6-5-7-18(19)36-4)30-37(33,34)14(2)20(32)21-26-11-16(24)12-27-21/h5-12,14,20,32H,1-4H3,(H,29,30)/t14-,20+/m0/s1. The van der Waals surface area contributed by atoms with Crippen LogP contribution in [-0.2, 0) is 10.0 Å². The van der Waals surface area contributed by atoms with Crippen molar-refractivity contribution in [3.05, 3.63) is 65.5 Å². The largest absolute Gasteiger partial charge is 0.494 e. The van der Waals surface area contributed by atoms with E-state index in [1.54, 1.807) is 30.6 Å². The average Bonchev–Trinajstić information content (AvgIpc) is 3.29. The first-order valence-electron chi connectivity index (χ1n) is 10.9. The van der Waals surface area contributed by atoms with Gasteiger partial charge >= 0.3 is 0 Å². The van der Waals surface area contributed by atoms with E-state index in [0.717, 1.165) is 5.56 Å². The number of benzene rings is 1. The van der Waals surface area contributed by atoms with Crippen LogP contribution in [0.1, 0.15) is 24.4 Å². The van der Waals surface area contributed by atoms with E-state index >= 15 is 0 Å². The summed E-state index contributed by atoms with van der Waals surface area (Å²) in [6, 6.07) is 6.95. The number of rotatable bonds is 9. The lowest BCUT2D eigenvalue weighted by Gasteiger charge is -2.21. The van der Waals surface area contributed by atoms with Crippen LogP contribution in [0.3, 0.4) is 0 Å². The third-order valence-electron chi connectivity index (χ3n) is 5.49. The summed E-state index contributed by atoms with van der Waals surface area (Å²) >= 11 is 5.80. The van der Waals surface area contributed by atoms with Gasteiger partial charge < -0.3 is 14.6 Å². The van der Waals surface area contributed by atoms with Crippen molar-refractivity contribution in [3.63, 3.8) is 0 Å². The predicted octanol–water partition coefficient (Wildman–Crippen LogP) is 2.96. The summed E-state index contributed by atoms with van der Waals surface area (Å²) in [6.45, 7) is 3.19. The number of halogens is 1. The zero-order valence-corrected chi connectivity index (χ0v) is 21.9. The molecule has 2 atom stereocenters. The van der Waals surface area contributed by atoms with Crippen molar-refractivity contribution >= 4 is 27.6 Å². The fourth-order valence-electron chi connectivity index (χ4n) is 3.55. The average molecular weight is 546 g/mol. The zero-order valence-electron chi connectivity index (χ0n) is 20.3. The molecule has 12 nitrogen and oxygen atoms in total. The molecule has 0 aliphatic carbocycles. The molecule has 0 saturated heterocycles. The number of anilines is 1. The molecule has 194 valence electrons. The van der Waals surface area contributed by atoms with Crippen LogP contribution in [0, 0.1) is 6.92 Å². The summed E-state index contributed by atoms with van der Waals surface area (Å²) in [5.74, 6) is 0.788. The minimum Gasteiger partial charge on any atom is -0.494 e. The van der Waals surface area contributed by atoms with Gasteiger partial charge in [0.25, 0.3) is 0 Å². The van der Waals surface area contributed by atoms with Gasteiger partial charge in [-0.25, -0.2) is 18.4 Å². The molecule has 0 bridgehead atoms. The summed E-state index contributed by atoms with van der Waals surface area (Å²) in [7, 11) is -1.30. The van der Waals surface area contributed by atoms with Crippen LogP contribution in [0.4, 0.5) is 5.95 Å². The Bertz CT molecular complexity index is 1490. The Kier molecular flexibility index (Phi) is 7.57. The molecule has 0 amide bonds. The van der Waals surface area contributed by atoms with Crippen LogP contribution < -0.4 is 14.2 Å². The van der Waals surface area contributed by atoms with Gasteiger partial charge in [-0.3, -0.25) is 14.3 Å². The normalized spacial score (nSPS) is 13.1. The van der Waals surface area contributed by atoms with Crippen molar-refractivity contribution in [2.45, 2.75) is 25.2 Å². The lowest BCUT2D eigenvalue weighted by Crippen LogP contribution is -2.32. The SMILES string of the molecule is COc1cccc(OC)c1-n1c(NS(=O)(=O)[C@@H](C)[C@@H](O)c2ncc(Cl)cn2)nnc1-c1cncc(C)c1. The number of hydrogen-bond donors (Lipinski definition) is 2. The number of nitrogens with zero attached hydrogens (tertiary/aromatic N) is 6. The molecule has 3 aromatic heterocycles. The van der Waals surface area contributed by atoms with E-state index in [4.69, 9.17) is 21.1 Å². The number of sulfonamides is 1. The van der Waals surface area contributed by atoms with Crippen LogP contribution in [0.5, 0.6) is 11.5 Å². The van der Waals surface area contributed by atoms with E-state index in [1.165, 1.54) is 38.1 Å². The van der Waals surface area contributed by atoms with E-state index in [1.807, 2.05) is 13.0 Å². The zero-order chi connectivity index (χ0) is 26.7. The lowest BCUT2D eigenvalue weighted by atomic mass is 10.2. The summed E-state index contributed by atoms with van der Waals surface area (Å²) in [5, 5.41) is 17.9. The summed E-state index contributed by atoms with van der Waals surface area (Å²) < 4.78 is 41.7. The van der Waals surface area contributed by atoms with Crippen LogP contribution >= 0.6 is 11.6 Å². The minimum atomic E-state index is -4.25. The highest BCUT2D eigenvalue weighted by Crippen LogP contribution is 2.38. The molecule has 14 heteroatoms. The minimum absolute atomic E-state index is 0.0957. The molecule has 0 aliphatic heterocycles. The molecule has 4 rings (SSSR count). The molecular weight excluding hydrogens is 522 g/mol. The fourth-order valence-corrected chi connectivity index (χ4v) is 4.68. The van der Waals surface area contributed by atoms with E-state index in [2.05, 4.69) is 29.9 Å². The molecule has 0 saturated carbocycles. The first-order valence-corrected chi connectivity index (χ1v) is 12.8. The molecular formula is C23H24ClN7O5S. The molecule has 3 heterocycles. The predicted molar refractivity (Wildman–Crippen MR) is 136 cm³/mol. The molecule has 4 aromatic rings. The molecule has 1 aromatic carbocycles. The van der Waals surface area contributed by atoms with Crippen LogP contribution in [0.2, 0.25) is 5.02 Å². The van der Waals surface area contributed by atoms with E-state index in [-0.39, 0.29) is 22.6 Å². The fraction of sp³-hybridized carbons (Fsp3) is 0.261. The van der Waals surface area contributed by atoms with Gasteiger partial charge in [0.05, 0.1) is 19.2 Å². The Balaban J connectivity index is 1.83. The molecule has 0 radical (unpaired) electrons. The maximum absolute atomic E-state index is 13.4. The van der Waals surface area contributed by atoms with Crippen LogP contribution in [-0.4, -0.2) is 62.7 Å². The van der Waals surface area contributed by atoms with Gasteiger partial charge in [-0.05, 0) is 37.6 Å². The second-order valence-corrected chi connectivity index (χ2v) is 10.5. The number of aryl methyl sites for hydroxylation is 1. The monoisotopic (exact) mass is 545 g/mol. The van der Waals surface area contributed by atoms with Crippen molar-refractivity contribution in [2.75, 3.05) is 18.9 Å². The number of aromatic nitrogens is 6. The van der Waals surface area contributed by atoms with Gasteiger partial charge in [-0.1, -0.05) is 17.7 Å². The van der Waals surface area contributed by atoms with Gasteiger partial charge in [0.1, 0.15) is 28.5 Å². The van der Waals surface area contributed by atoms with E-state index in [9.17, 15) is 13.5 Å². The third-order valence-corrected chi connectivity index (χ3v) is 7.39. The Labute approximate surface area is 218 Å². The Morgan fingerprint density at radius 3 is 2.30 bits per heavy atom. The van der Waals surface area contributed by atoms with E-state index < -0.39 is 21.4 Å².